The Morgan fingerprint density at radius 3 is 2.54 bits per heavy atom. The average molecular weight is 333 g/mol. The van der Waals surface area contributed by atoms with Gasteiger partial charge in [-0.2, -0.15) is 17.7 Å². The van der Waals surface area contributed by atoms with Crippen LogP contribution in [0.4, 0.5) is 19.0 Å². The van der Waals surface area contributed by atoms with E-state index in [4.69, 9.17) is 0 Å². The molecule has 1 aliphatic rings. The molecular formula is C16H14F3N5. The smallest absolute Gasteiger partial charge is 0.355 e. The summed E-state index contributed by atoms with van der Waals surface area (Å²) in [6.45, 7) is 1.48. The number of halogens is 3. The van der Waals surface area contributed by atoms with Gasteiger partial charge < -0.3 is 4.90 Å². The van der Waals surface area contributed by atoms with E-state index in [1.807, 2.05) is 23.1 Å². The van der Waals surface area contributed by atoms with E-state index < -0.39 is 12.0 Å². The summed E-state index contributed by atoms with van der Waals surface area (Å²) in [7, 11) is 0. The van der Waals surface area contributed by atoms with Gasteiger partial charge in [-0.1, -0.05) is 30.3 Å². The van der Waals surface area contributed by atoms with E-state index in [1.54, 1.807) is 6.07 Å². The van der Waals surface area contributed by atoms with Gasteiger partial charge in [0.15, 0.2) is 5.65 Å². The molecule has 8 heteroatoms. The van der Waals surface area contributed by atoms with E-state index in [9.17, 15) is 13.2 Å². The highest BCUT2D eigenvalue weighted by molar-refractivity contribution is 5.47. The van der Waals surface area contributed by atoms with Crippen LogP contribution in [-0.2, 0) is 6.18 Å². The van der Waals surface area contributed by atoms with Crippen LogP contribution in [0, 0.1) is 0 Å². The van der Waals surface area contributed by atoms with Gasteiger partial charge in [-0.3, -0.25) is 0 Å². The van der Waals surface area contributed by atoms with Gasteiger partial charge in [0.05, 0.1) is 0 Å². The van der Waals surface area contributed by atoms with Gasteiger partial charge in [0.2, 0.25) is 0 Å². The van der Waals surface area contributed by atoms with Crippen LogP contribution < -0.4 is 4.90 Å². The average Bonchev–Trinajstić information content (AvgIpc) is 3.21. The largest absolute Gasteiger partial charge is 0.453 e. The lowest BCUT2D eigenvalue weighted by molar-refractivity contribution is -0.146. The zero-order valence-electron chi connectivity index (χ0n) is 12.6. The molecule has 1 saturated heterocycles. The zero-order chi connectivity index (χ0) is 16.7. The predicted octanol–water partition coefficient (Wildman–Crippen LogP) is 3.14. The normalized spacial score (nSPS) is 18.5. The summed E-state index contributed by atoms with van der Waals surface area (Å²) in [5.41, 5.74) is 1.33. The Labute approximate surface area is 135 Å². The molecule has 24 heavy (non-hydrogen) atoms. The highest BCUT2D eigenvalue weighted by atomic mass is 19.4. The van der Waals surface area contributed by atoms with Crippen molar-refractivity contribution in [2.75, 3.05) is 18.0 Å². The molecule has 4 rings (SSSR count). The molecule has 2 aromatic heterocycles. The van der Waals surface area contributed by atoms with Gasteiger partial charge in [0.25, 0.3) is 5.82 Å². The minimum atomic E-state index is -4.58. The topological polar surface area (TPSA) is 46.3 Å². The molecule has 0 radical (unpaired) electrons. The monoisotopic (exact) mass is 333 g/mol. The minimum Gasteiger partial charge on any atom is -0.355 e. The molecule has 0 N–H and O–H groups in total. The molecule has 1 unspecified atom stereocenters. The summed E-state index contributed by atoms with van der Waals surface area (Å²) in [6, 6.07) is 13.3. The molecule has 0 amide bonds. The number of aromatic nitrogens is 4. The molecule has 0 aliphatic carbocycles. The first-order valence-corrected chi connectivity index (χ1v) is 7.62. The number of alkyl halides is 3. The van der Waals surface area contributed by atoms with Crippen molar-refractivity contribution in [3.05, 3.63) is 53.9 Å². The summed E-state index contributed by atoms with van der Waals surface area (Å²) < 4.78 is 39.7. The van der Waals surface area contributed by atoms with Gasteiger partial charge >= 0.3 is 6.18 Å². The maximum Gasteiger partial charge on any atom is 0.453 e. The summed E-state index contributed by atoms with van der Waals surface area (Å²) >= 11 is 0. The lowest BCUT2D eigenvalue weighted by Gasteiger charge is -2.17. The lowest BCUT2D eigenvalue weighted by atomic mass is 9.99. The molecule has 1 fully saturated rings. The van der Waals surface area contributed by atoms with Crippen LogP contribution in [-0.4, -0.2) is 32.9 Å². The van der Waals surface area contributed by atoms with Gasteiger partial charge in [-0.05, 0) is 24.1 Å². The van der Waals surface area contributed by atoms with E-state index in [-0.39, 0.29) is 5.65 Å². The predicted molar refractivity (Wildman–Crippen MR) is 81.8 cm³/mol. The van der Waals surface area contributed by atoms with Crippen LogP contribution in [0.3, 0.4) is 0 Å². The molecule has 3 heterocycles. The second-order valence-corrected chi connectivity index (χ2v) is 5.83. The third-order valence-corrected chi connectivity index (χ3v) is 4.29. The first-order chi connectivity index (χ1) is 11.5. The third kappa shape index (κ3) is 2.57. The van der Waals surface area contributed by atoms with Crippen LogP contribution >= 0.6 is 0 Å². The Bertz CT molecular complexity index is 859. The zero-order valence-corrected chi connectivity index (χ0v) is 12.6. The van der Waals surface area contributed by atoms with Crippen LogP contribution in [0.5, 0.6) is 0 Å². The van der Waals surface area contributed by atoms with Crippen LogP contribution in [0.2, 0.25) is 0 Å². The Balaban J connectivity index is 1.63. The number of fused-ring (bicyclic) bond motifs is 1. The second-order valence-electron chi connectivity index (χ2n) is 5.83. The molecular weight excluding hydrogens is 319 g/mol. The molecule has 0 spiro atoms. The Morgan fingerprint density at radius 1 is 1.00 bits per heavy atom. The number of rotatable bonds is 2. The Morgan fingerprint density at radius 2 is 1.79 bits per heavy atom. The van der Waals surface area contributed by atoms with Crippen molar-refractivity contribution in [3.8, 4) is 0 Å². The first kappa shape index (κ1) is 14.9. The summed E-state index contributed by atoms with van der Waals surface area (Å²) in [6.07, 6.45) is -3.64. The quantitative estimate of drug-likeness (QED) is 0.723. The van der Waals surface area contributed by atoms with Gasteiger partial charge in [0, 0.05) is 19.0 Å². The molecule has 0 saturated carbocycles. The van der Waals surface area contributed by atoms with Crippen molar-refractivity contribution in [3.63, 3.8) is 0 Å². The van der Waals surface area contributed by atoms with Crippen molar-refractivity contribution < 1.29 is 13.2 Å². The number of nitrogens with zero attached hydrogens (tertiary/aromatic N) is 5. The van der Waals surface area contributed by atoms with Crippen LogP contribution in [0.1, 0.15) is 23.7 Å². The first-order valence-electron chi connectivity index (χ1n) is 7.62. The molecule has 1 aromatic carbocycles. The van der Waals surface area contributed by atoms with Gasteiger partial charge in [-0.15, -0.1) is 15.3 Å². The van der Waals surface area contributed by atoms with Crippen LogP contribution in [0.15, 0.2) is 42.5 Å². The Kier molecular flexibility index (Phi) is 3.40. The van der Waals surface area contributed by atoms with Crippen LogP contribution in [0.25, 0.3) is 5.65 Å². The van der Waals surface area contributed by atoms with E-state index in [1.165, 1.54) is 11.6 Å². The SMILES string of the molecule is FC(F)(F)c1nnc2ccc(N3CCC(c4ccccc4)C3)nn12. The summed E-state index contributed by atoms with van der Waals surface area (Å²) in [4.78, 5) is 2.00. The third-order valence-electron chi connectivity index (χ3n) is 4.29. The van der Waals surface area contributed by atoms with Crippen molar-refractivity contribution >= 4 is 11.5 Å². The molecule has 0 bridgehead atoms. The molecule has 5 nitrogen and oxygen atoms in total. The fourth-order valence-corrected chi connectivity index (χ4v) is 3.09. The van der Waals surface area contributed by atoms with Gasteiger partial charge in [-0.25, -0.2) is 0 Å². The maximum absolute atomic E-state index is 13.0. The van der Waals surface area contributed by atoms with Crippen molar-refractivity contribution in [1.29, 1.82) is 0 Å². The van der Waals surface area contributed by atoms with Crippen molar-refractivity contribution in [1.82, 2.24) is 19.8 Å². The number of hydrogen-bond donors (Lipinski definition) is 0. The molecule has 3 aromatic rings. The number of hydrogen-bond acceptors (Lipinski definition) is 4. The Hall–Kier alpha value is -2.64. The highest BCUT2D eigenvalue weighted by Gasteiger charge is 2.38. The summed E-state index contributed by atoms with van der Waals surface area (Å²) in [5, 5.41) is 10.8. The van der Waals surface area contributed by atoms with E-state index >= 15 is 0 Å². The highest BCUT2D eigenvalue weighted by Crippen LogP contribution is 2.31. The minimum absolute atomic E-state index is 0.0879. The summed E-state index contributed by atoms with van der Waals surface area (Å²) in [5.74, 6) is -0.240. The lowest BCUT2D eigenvalue weighted by Crippen LogP contribution is -2.22. The van der Waals surface area contributed by atoms with Gasteiger partial charge in [0.1, 0.15) is 5.82 Å². The second kappa shape index (κ2) is 5.47. The fraction of sp³-hybridized carbons (Fsp3) is 0.312. The van der Waals surface area contributed by atoms with Crippen molar-refractivity contribution in [2.45, 2.75) is 18.5 Å². The van der Waals surface area contributed by atoms with Crippen molar-refractivity contribution in [2.24, 2.45) is 0 Å². The maximum atomic E-state index is 13.0. The van der Waals surface area contributed by atoms with E-state index in [2.05, 4.69) is 27.4 Å². The fourth-order valence-electron chi connectivity index (χ4n) is 3.09. The molecule has 1 atom stereocenters. The number of benzene rings is 1. The number of anilines is 1. The van der Waals surface area contributed by atoms with E-state index in [0.29, 0.717) is 11.7 Å². The molecule has 1 aliphatic heterocycles. The standard InChI is InChI=1S/C16H14F3N5/c17-16(18,19)15-21-20-13-6-7-14(22-24(13)15)23-9-8-12(10-23)11-4-2-1-3-5-11/h1-7,12H,8-10H2. The molecule has 124 valence electrons. The van der Waals surface area contributed by atoms with E-state index in [0.717, 1.165) is 24.0 Å².